The molecular weight excluding hydrogens is 304 g/mol. The predicted molar refractivity (Wildman–Crippen MR) is 73.9 cm³/mol. The van der Waals surface area contributed by atoms with Crippen molar-refractivity contribution in [2.45, 2.75) is 18.8 Å². The maximum atomic E-state index is 13.4. The van der Waals surface area contributed by atoms with Crippen LogP contribution < -0.4 is 0 Å². The summed E-state index contributed by atoms with van der Waals surface area (Å²) < 4.78 is 32.2. The van der Waals surface area contributed by atoms with Gasteiger partial charge in [0.15, 0.2) is 23.0 Å². The van der Waals surface area contributed by atoms with E-state index < -0.39 is 11.6 Å². The normalized spacial score (nSPS) is 14.0. The number of H-pyrrole nitrogens is 1. The van der Waals surface area contributed by atoms with Crippen molar-refractivity contribution >= 4 is 0 Å². The van der Waals surface area contributed by atoms with Crippen molar-refractivity contribution in [2.24, 2.45) is 0 Å². The number of hydrogen-bond donors (Lipinski definition) is 1. The Labute approximate surface area is 128 Å². The van der Waals surface area contributed by atoms with Gasteiger partial charge in [0.25, 0.3) is 0 Å². The van der Waals surface area contributed by atoms with Crippen molar-refractivity contribution < 1.29 is 13.2 Å². The van der Waals surface area contributed by atoms with Crippen molar-refractivity contribution in [1.82, 2.24) is 20.4 Å². The average Bonchev–Trinajstić information content (AvgIpc) is 3.12. The fraction of sp³-hybridized carbons (Fsp3) is 0.200. The smallest absolute Gasteiger partial charge is 0.227 e. The molecule has 1 aliphatic rings. The van der Waals surface area contributed by atoms with Gasteiger partial charge >= 0.3 is 0 Å². The molecular formula is C15H9F2N5O. The minimum absolute atomic E-state index is 0.108. The maximum absolute atomic E-state index is 13.4. The lowest BCUT2D eigenvalue weighted by Gasteiger charge is -1.96. The molecule has 1 aromatic carbocycles. The number of nitrogens with one attached hydrogen (secondary N) is 1. The molecule has 1 saturated carbocycles. The van der Waals surface area contributed by atoms with Crippen LogP contribution in [-0.4, -0.2) is 20.4 Å². The molecule has 8 heteroatoms. The molecule has 0 spiro atoms. The van der Waals surface area contributed by atoms with E-state index in [1.165, 1.54) is 6.07 Å². The zero-order valence-corrected chi connectivity index (χ0v) is 11.7. The van der Waals surface area contributed by atoms with E-state index in [2.05, 4.69) is 20.4 Å². The van der Waals surface area contributed by atoms with E-state index in [1.54, 1.807) is 0 Å². The van der Waals surface area contributed by atoms with Crippen LogP contribution in [0.5, 0.6) is 0 Å². The third-order valence-corrected chi connectivity index (χ3v) is 3.65. The van der Waals surface area contributed by atoms with Crippen LogP contribution in [0.4, 0.5) is 8.78 Å². The van der Waals surface area contributed by atoms with Gasteiger partial charge in [-0.2, -0.15) is 15.6 Å². The number of benzene rings is 1. The van der Waals surface area contributed by atoms with Crippen molar-refractivity contribution in [2.75, 3.05) is 0 Å². The van der Waals surface area contributed by atoms with Gasteiger partial charge in [-0.3, -0.25) is 0 Å². The molecule has 6 nitrogen and oxygen atoms in total. The van der Waals surface area contributed by atoms with Gasteiger partial charge in [-0.05, 0) is 31.0 Å². The third kappa shape index (κ3) is 2.26. The molecule has 0 amide bonds. The van der Waals surface area contributed by atoms with Crippen LogP contribution in [0.1, 0.15) is 30.2 Å². The van der Waals surface area contributed by atoms with Crippen LogP contribution in [0.25, 0.3) is 22.8 Å². The summed E-state index contributed by atoms with van der Waals surface area (Å²) in [5.41, 5.74) is 1.14. The Morgan fingerprint density at radius 2 is 2.00 bits per heavy atom. The van der Waals surface area contributed by atoms with E-state index in [0.29, 0.717) is 22.7 Å². The lowest BCUT2D eigenvalue weighted by molar-refractivity contribution is 0.504. The Hall–Kier alpha value is -3.08. The van der Waals surface area contributed by atoms with Gasteiger partial charge in [0, 0.05) is 11.5 Å². The highest BCUT2D eigenvalue weighted by Gasteiger charge is 2.34. The molecule has 0 aliphatic heterocycles. The fourth-order valence-electron chi connectivity index (χ4n) is 2.35. The van der Waals surface area contributed by atoms with E-state index in [0.717, 1.165) is 25.0 Å². The second-order valence-corrected chi connectivity index (χ2v) is 5.27. The number of aromatic amines is 1. The van der Waals surface area contributed by atoms with E-state index >= 15 is 0 Å². The molecule has 0 atom stereocenters. The number of aromatic nitrogens is 4. The highest BCUT2D eigenvalue weighted by molar-refractivity contribution is 5.67. The Bertz CT molecular complexity index is 936. The number of nitrogens with zero attached hydrogens (tertiary/aromatic N) is 4. The van der Waals surface area contributed by atoms with Crippen molar-refractivity contribution in [3.63, 3.8) is 0 Å². The molecule has 23 heavy (non-hydrogen) atoms. The molecule has 0 radical (unpaired) electrons. The Morgan fingerprint density at radius 3 is 2.70 bits per heavy atom. The lowest BCUT2D eigenvalue weighted by Crippen LogP contribution is -1.88. The number of rotatable bonds is 3. The molecule has 0 saturated heterocycles. The Morgan fingerprint density at radius 1 is 1.17 bits per heavy atom. The predicted octanol–water partition coefficient (Wildman–Crippen LogP) is 3.15. The van der Waals surface area contributed by atoms with E-state index in [9.17, 15) is 8.78 Å². The van der Waals surface area contributed by atoms with Crippen molar-refractivity contribution in [3.8, 4) is 28.9 Å². The Kier molecular flexibility index (Phi) is 2.94. The minimum atomic E-state index is -0.977. The van der Waals surface area contributed by atoms with Gasteiger partial charge in [-0.1, -0.05) is 0 Å². The molecule has 1 aliphatic carbocycles. The molecule has 1 N–H and O–H groups in total. The molecule has 2 heterocycles. The van der Waals surface area contributed by atoms with Gasteiger partial charge in [0.1, 0.15) is 17.5 Å². The van der Waals surface area contributed by atoms with Gasteiger partial charge in [0.2, 0.25) is 5.89 Å². The third-order valence-electron chi connectivity index (χ3n) is 3.65. The first-order valence-corrected chi connectivity index (χ1v) is 6.94. The minimum Gasteiger partial charge on any atom is -0.440 e. The molecule has 2 aromatic heterocycles. The number of oxazole rings is 1. The fourth-order valence-corrected chi connectivity index (χ4v) is 2.35. The van der Waals surface area contributed by atoms with E-state index in [4.69, 9.17) is 9.68 Å². The van der Waals surface area contributed by atoms with Crippen LogP contribution in [0.15, 0.2) is 22.6 Å². The monoisotopic (exact) mass is 313 g/mol. The molecule has 3 aromatic rings. The summed E-state index contributed by atoms with van der Waals surface area (Å²) >= 11 is 0. The maximum Gasteiger partial charge on any atom is 0.227 e. The molecule has 0 bridgehead atoms. The van der Waals surface area contributed by atoms with Gasteiger partial charge < -0.3 is 4.42 Å². The lowest BCUT2D eigenvalue weighted by atomic mass is 10.2. The summed E-state index contributed by atoms with van der Waals surface area (Å²) in [5.74, 6) is -0.969. The molecule has 1 fully saturated rings. The van der Waals surface area contributed by atoms with Crippen LogP contribution in [0.3, 0.4) is 0 Å². The molecule has 4 rings (SSSR count). The number of nitriles is 1. The summed E-state index contributed by atoms with van der Waals surface area (Å²) in [6, 6.07) is 5.36. The zero-order valence-electron chi connectivity index (χ0n) is 11.7. The number of halogens is 2. The second-order valence-electron chi connectivity index (χ2n) is 5.27. The Balaban J connectivity index is 1.86. The highest BCUT2D eigenvalue weighted by Crippen LogP contribution is 2.45. The van der Waals surface area contributed by atoms with Crippen LogP contribution in [0, 0.1) is 23.0 Å². The first kappa shape index (κ1) is 13.6. The first-order chi connectivity index (χ1) is 11.2. The standard InChI is InChI=1S/C15H9F2N5O/c16-9-4-3-8(5-10(9)17)15-19-13(14(23-15)7-1-2-7)12-11(6-18)20-22-21-12/h3-5,7H,1-2H2,(H,20,21,22). The van der Waals surface area contributed by atoms with Crippen molar-refractivity contribution in [1.29, 1.82) is 5.26 Å². The van der Waals surface area contributed by atoms with Crippen molar-refractivity contribution in [3.05, 3.63) is 41.3 Å². The molecule has 114 valence electrons. The summed E-state index contributed by atoms with van der Waals surface area (Å²) in [7, 11) is 0. The quantitative estimate of drug-likeness (QED) is 0.802. The topological polar surface area (TPSA) is 91.4 Å². The summed E-state index contributed by atoms with van der Waals surface area (Å²) in [5, 5.41) is 19.2. The second kappa shape index (κ2) is 4.98. The van der Waals surface area contributed by atoms with Gasteiger partial charge in [-0.25, -0.2) is 13.8 Å². The average molecular weight is 313 g/mol. The number of hydrogen-bond acceptors (Lipinski definition) is 5. The first-order valence-electron chi connectivity index (χ1n) is 6.94. The summed E-state index contributed by atoms with van der Waals surface area (Å²) in [6.45, 7) is 0. The molecule has 0 unspecified atom stereocenters. The zero-order chi connectivity index (χ0) is 16.0. The van der Waals surface area contributed by atoms with Crippen LogP contribution >= 0.6 is 0 Å². The summed E-state index contributed by atoms with van der Waals surface area (Å²) in [4.78, 5) is 4.33. The van der Waals surface area contributed by atoms with Gasteiger partial charge in [0.05, 0.1) is 0 Å². The van der Waals surface area contributed by atoms with E-state index in [1.807, 2.05) is 6.07 Å². The van der Waals surface area contributed by atoms with E-state index in [-0.39, 0.29) is 17.5 Å². The summed E-state index contributed by atoms with van der Waals surface area (Å²) in [6.07, 6.45) is 1.89. The van der Waals surface area contributed by atoms with Crippen LogP contribution in [-0.2, 0) is 0 Å². The van der Waals surface area contributed by atoms with Gasteiger partial charge in [-0.15, -0.1) is 5.10 Å². The highest BCUT2D eigenvalue weighted by atomic mass is 19.2. The SMILES string of the molecule is N#Cc1n[nH]nc1-c1nc(-c2ccc(F)c(F)c2)oc1C1CC1. The van der Waals surface area contributed by atoms with Crippen LogP contribution in [0.2, 0.25) is 0 Å². The largest absolute Gasteiger partial charge is 0.440 e.